The van der Waals surface area contributed by atoms with Gasteiger partial charge in [0.05, 0.1) is 0 Å². The van der Waals surface area contributed by atoms with Crippen LogP contribution in [-0.2, 0) is 0 Å². The molecule has 0 saturated heterocycles. The molecule has 1 amide bonds. The third-order valence-electron chi connectivity index (χ3n) is 3.87. The second kappa shape index (κ2) is 7.13. The van der Waals surface area contributed by atoms with E-state index in [9.17, 15) is 4.79 Å². The number of carbonyl (C=O) groups excluding carboxylic acids is 1. The van der Waals surface area contributed by atoms with Crippen molar-refractivity contribution >= 4 is 11.6 Å². The standard InChI is InChI=1S/C17H24N2O/c1-3-11-18-16-10-9-14(12-13(16)2)17(20)19-15-7-5-4-6-8-15/h3,9-10,12,15,18H,1,4-8,11H2,2H3,(H,19,20). The van der Waals surface area contributed by atoms with Crippen molar-refractivity contribution in [3.8, 4) is 0 Å². The number of anilines is 1. The van der Waals surface area contributed by atoms with Gasteiger partial charge in [-0.2, -0.15) is 0 Å². The summed E-state index contributed by atoms with van der Waals surface area (Å²) < 4.78 is 0. The van der Waals surface area contributed by atoms with Crippen LogP contribution in [0.3, 0.4) is 0 Å². The summed E-state index contributed by atoms with van der Waals surface area (Å²) in [5.41, 5.74) is 2.89. The molecule has 3 heteroatoms. The molecule has 1 aliphatic carbocycles. The summed E-state index contributed by atoms with van der Waals surface area (Å²) >= 11 is 0. The third-order valence-corrected chi connectivity index (χ3v) is 3.87. The maximum absolute atomic E-state index is 12.2. The van der Waals surface area contributed by atoms with Gasteiger partial charge in [0.25, 0.3) is 5.91 Å². The molecule has 20 heavy (non-hydrogen) atoms. The van der Waals surface area contributed by atoms with Crippen molar-refractivity contribution in [2.45, 2.75) is 45.1 Å². The van der Waals surface area contributed by atoms with E-state index in [4.69, 9.17) is 0 Å². The number of carbonyl (C=O) groups is 1. The Balaban J connectivity index is 1.98. The molecule has 1 aromatic carbocycles. The molecular weight excluding hydrogens is 248 g/mol. The van der Waals surface area contributed by atoms with E-state index in [1.807, 2.05) is 31.2 Å². The van der Waals surface area contributed by atoms with Gasteiger partial charge in [-0.15, -0.1) is 6.58 Å². The molecule has 0 heterocycles. The Hall–Kier alpha value is -1.77. The van der Waals surface area contributed by atoms with E-state index >= 15 is 0 Å². The number of aryl methyl sites for hydroxylation is 1. The van der Waals surface area contributed by atoms with Crippen LogP contribution < -0.4 is 10.6 Å². The van der Waals surface area contributed by atoms with E-state index in [0.717, 1.165) is 36.2 Å². The zero-order chi connectivity index (χ0) is 14.4. The van der Waals surface area contributed by atoms with Gasteiger partial charge in [0.15, 0.2) is 0 Å². The largest absolute Gasteiger partial charge is 0.381 e. The minimum absolute atomic E-state index is 0.0512. The highest BCUT2D eigenvalue weighted by molar-refractivity contribution is 5.95. The lowest BCUT2D eigenvalue weighted by atomic mass is 9.95. The van der Waals surface area contributed by atoms with E-state index in [-0.39, 0.29) is 5.91 Å². The fourth-order valence-corrected chi connectivity index (χ4v) is 2.70. The van der Waals surface area contributed by atoms with Gasteiger partial charge < -0.3 is 10.6 Å². The van der Waals surface area contributed by atoms with Gasteiger partial charge in [0.2, 0.25) is 0 Å². The molecule has 0 spiro atoms. The van der Waals surface area contributed by atoms with E-state index < -0.39 is 0 Å². The second-order valence-electron chi connectivity index (χ2n) is 5.51. The molecule has 0 aromatic heterocycles. The highest BCUT2D eigenvalue weighted by atomic mass is 16.1. The highest BCUT2D eigenvalue weighted by Crippen LogP contribution is 2.19. The Morgan fingerprint density at radius 1 is 1.35 bits per heavy atom. The van der Waals surface area contributed by atoms with Crippen molar-refractivity contribution in [3.05, 3.63) is 42.0 Å². The summed E-state index contributed by atoms with van der Waals surface area (Å²) in [6.45, 7) is 6.44. The molecule has 1 aliphatic rings. The fourth-order valence-electron chi connectivity index (χ4n) is 2.70. The van der Waals surface area contributed by atoms with E-state index in [2.05, 4.69) is 17.2 Å². The molecule has 0 aliphatic heterocycles. The molecule has 1 saturated carbocycles. The molecule has 0 bridgehead atoms. The van der Waals surface area contributed by atoms with Gasteiger partial charge in [0.1, 0.15) is 0 Å². The third kappa shape index (κ3) is 3.86. The Morgan fingerprint density at radius 2 is 2.10 bits per heavy atom. The second-order valence-corrected chi connectivity index (χ2v) is 5.51. The average molecular weight is 272 g/mol. The summed E-state index contributed by atoms with van der Waals surface area (Å²) in [5.74, 6) is 0.0512. The minimum atomic E-state index is 0.0512. The lowest BCUT2D eigenvalue weighted by molar-refractivity contribution is 0.0927. The first-order chi connectivity index (χ1) is 9.70. The summed E-state index contributed by atoms with van der Waals surface area (Å²) in [4.78, 5) is 12.2. The number of rotatable bonds is 5. The Labute approximate surface area is 121 Å². The zero-order valence-corrected chi connectivity index (χ0v) is 12.2. The number of benzene rings is 1. The molecule has 2 N–H and O–H groups in total. The Bertz CT molecular complexity index is 476. The maximum atomic E-state index is 12.2. The Kier molecular flexibility index (Phi) is 5.22. The lowest BCUT2D eigenvalue weighted by Crippen LogP contribution is -2.36. The van der Waals surface area contributed by atoms with E-state index in [1.165, 1.54) is 19.3 Å². The van der Waals surface area contributed by atoms with Crippen LogP contribution in [0.1, 0.15) is 48.0 Å². The smallest absolute Gasteiger partial charge is 0.251 e. The first kappa shape index (κ1) is 14.6. The molecule has 108 valence electrons. The van der Waals surface area contributed by atoms with Crippen LogP contribution in [0.15, 0.2) is 30.9 Å². The van der Waals surface area contributed by atoms with Crippen molar-refractivity contribution in [2.75, 3.05) is 11.9 Å². The van der Waals surface area contributed by atoms with Gasteiger partial charge in [-0.1, -0.05) is 25.3 Å². The van der Waals surface area contributed by atoms with Gasteiger partial charge in [0, 0.05) is 23.8 Å². The average Bonchev–Trinajstić information content (AvgIpc) is 2.47. The molecule has 3 nitrogen and oxygen atoms in total. The molecule has 1 aromatic rings. The predicted molar refractivity (Wildman–Crippen MR) is 84.2 cm³/mol. The summed E-state index contributed by atoms with van der Waals surface area (Å²) in [6.07, 6.45) is 7.81. The van der Waals surface area contributed by atoms with Crippen LogP contribution in [0.5, 0.6) is 0 Å². The van der Waals surface area contributed by atoms with Gasteiger partial charge in [-0.25, -0.2) is 0 Å². The maximum Gasteiger partial charge on any atom is 0.251 e. The van der Waals surface area contributed by atoms with E-state index in [1.54, 1.807) is 0 Å². The zero-order valence-electron chi connectivity index (χ0n) is 12.2. The normalized spacial score (nSPS) is 15.7. The number of hydrogen-bond acceptors (Lipinski definition) is 2. The molecule has 0 radical (unpaired) electrons. The SMILES string of the molecule is C=CCNc1ccc(C(=O)NC2CCCCC2)cc1C. The van der Waals surface area contributed by atoms with Crippen LogP contribution in [0.4, 0.5) is 5.69 Å². The summed E-state index contributed by atoms with van der Waals surface area (Å²) in [5, 5.41) is 6.41. The van der Waals surface area contributed by atoms with Crippen LogP contribution >= 0.6 is 0 Å². The van der Waals surface area contributed by atoms with Crippen molar-refractivity contribution in [1.82, 2.24) is 5.32 Å². The predicted octanol–water partition coefficient (Wildman–Crippen LogP) is 3.66. The molecule has 2 rings (SSSR count). The monoisotopic (exact) mass is 272 g/mol. The van der Waals surface area contributed by atoms with Crippen LogP contribution in [-0.4, -0.2) is 18.5 Å². The lowest BCUT2D eigenvalue weighted by Gasteiger charge is -2.23. The topological polar surface area (TPSA) is 41.1 Å². The number of hydrogen-bond donors (Lipinski definition) is 2. The minimum Gasteiger partial charge on any atom is -0.381 e. The summed E-state index contributed by atoms with van der Waals surface area (Å²) in [6, 6.07) is 6.16. The number of amides is 1. The van der Waals surface area contributed by atoms with E-state index in [0.29, 0.717) is 6.04 Å². The van der Waals surface area contributed by atoms with Gasteiger partial charge in [-0.3, -0.25) is 4.79 Å². The van der Waals surface area contributed by atoms with Crippen LogP contribution in [0.2, 0.25) is 0 Å². The van der Waals surface area contributed by atoms with Crippen molar-refractivity contribution < 1.29 is 4.79 Å². The van der Waals surface area contributed by atoms with Crippen LogP contribution in [0, 0.1) is 6.92 Å². The van der Waals surface area contributed by atoms with Gasteiger partial charge >= 0.3 is 0 Å². The molecule has 0 atom stereocenters. The first-order valence-electron chi connectivity index (χ1n) is 7.47. The summed E-state index contributed by atoms with van der Waals surface area (Å²) in [7, 11) is 0. The molecule has 0 unspecified atom stereocenters. The first-order valence-corrected chi connectivity index (χ1v) is 7.47. The molecular formula is C17H24N2O. The quantitative estimate of drug-likeness (QED) is 0.803. The van der Waals surface area contributed by atoms with Crippen molar-refractivity contribution in [1.29, 1.82) is 0 Å². The van der Waals surface area contributed by atoms with Crippen molar-refractivity contribution in [2.24, 2.45) is 0 Å². The number of nitrogens with one attached hydrogen (secondary N) is 2. The van der Waals surface area contributed by atoms with Crippen molar-refractivity contribution in [3.63, 3.8) is 0 Å². The Morgan fingerprint density at radius 3 is 2.75 bits per heavy atom. The van der Waals surface area contributed by atoms with Crippen LogP contribution in [0.25, 0.3) is 0 Å². The van der Waals surface area contributed by atoms with Gasteiger partial charge in [-0.05, 0) is 43.5 Å². The molecule has 1 fully saturated rings. The fraction of sp³-hybridized carbons (Fsp3) is 0.471. The highest BCUT2D eigenvalue weighted by Gasteiger charge is 2.16.